The van der Waals surface area contributed by atoms with E-state index in [0.29, 0.717) is 22.5 Å². The zero-order valence-corrected chi connectivity index (χ0v) is 24.6. The number of nitrogens with one attached hydrogen (secondary N) is 2. The van der Waals surface area contributed by atoms with E-state index in [-0.39, 0.29) is 51.9 Å². The minimum Gasteiger partial charge on any atom is -0.466 e. The standard InChI is InChI=1S/C31H24ClF2N3O6S/c1-2-43-27(38)14-18-5-3-6-22(13-18)44(41,42)36-31(40)29-28(23-7-4-12-35-30(23)39)24-15-20(32)9-11-26(24)37(29)17-19-8-10-21(33)16-25(19)34/h3-13,15-16H,2,14,17H2,1H3,(H,35,39)(H,36,40). The van der Waals surface area contributed by atoms with Crippen molar-refractivity contribution in [2.45, 2.75) is 24.8 Å². The molecule has 0 saturated heterocycles. The fourth-order valence-corrected chi connectivity index (χ4v) is 6.06. The largest absolute Gasteiger partial charge is 0.466 e. The van der Waals surface area contributed by atoms with Crippen molar-refractivity contribution in [2.24, 2.45) is 0 Å². The molecule has 0 aliphatic rings. The summed E-state index contributed by atoms with van der Waals surface area (Å²) < 4.78 is 63.8. The first-order valence-corrected chi connectivity index (χ1v) is 15.1. The molecule has 1 amide bonds. The van der Waals surface area contributed by atoms with Crippen LogP contribution in [0.3, 0.4) is 0 Å². The smallest absolute Gasteiger partial charge is 0.310 e. The van der Waals surface area contributed by atoms with Gasteiger partial charge in [0.1, 0.15) is 17.3 Å². The molecule has 0 unspecified atom stereocenters. The lowest BCUT2D eigenvalue weighted by Gasteiger charge is -2.14. The number of benzene rings is 3. The average Bonchev–Trinajstić information content (AvgIpc) is 3.27. The Morgan fingerprint density at radius 3 is 2.55 bits per heavy atom. The van der Waals surface area contributed by atoms with Gasteiger partial charge in [-0.2, -0.15) is 0 Å². The van der Waals surface area contributed by atoms with E-state index in [9.17, 15) is 31.6 Å². The average molecular weight is 640 g/mol. The third kappa shape index (κ3) is 6.26. The molecule has 0 atom stereocenters. The minimum absolute atomic E-state index is 0.00431. The molecule has 5 aromatic rings. The van der Waals surface area contributed by atoms with Crippen LogP contribution in [0.15, 0.2) is 88.7 Å². The number of pyridine rings is 1. The molecule has 3 aromatic carbocycles. The van der Waals surface area contributed by atoms with E-state index < -0.39 is 39.1 Å². The number of aromatic amines is 1. The molecule has 13 heteroatoms. The van der Waals surface area contributed by atoms with Crippen molar-refractivity contribution in [3.8, 4) is 11.1 Å². The molecule has 226 valence electrons. The number of hydrogen-bond acceptors (Lipinski definition) is 6. The predicted octanol–water partition coefficient (Wildman–Crippen LogP) is 5.20. The van der Waals surface area contributed by atoms with Gasteiger partial charge >= 0.3 is 5.97 Å². The monoisotopic (exact) mass is 639 g/mol. The summed E-state index contributed by atoms with van der Waals surface area (Å²) in [6, 6.07) is 15.9. The third-order valence-corrected chi connectivity index (χ3v) is 8.32. The number of amides is 1. The van der Waals surface area contributed by atoms with Gasteiger partial charge in [-0.1, -0.05) is 29.8 Å². The van der Waals surface area contributed by atoms with Gasteiger partial charge in [0.05, 0.1) is 24.5 Å². The van der Waals surface area contributed by atoms with Crippen molar-refractivity contribution in [1.82, 2.24) is 14.3 Å². The molecular formula is C31H24ClF2N3O6S. The number of carbonyl (C=O) groups is 2. The number of hydrogen-bond donors (Lipinski definition) is 2. The van der Waals surface area contributed by atoms with Gasteiger partial charge in [-0.05, 0) is 61.0 Å². The van der Waals surface area contributed by atoms with Crippen LogP contribution in [0.1, 0.15) is 28.5 Å². The molecule has 0 aliphatic carbocycles. The lowest BCUT2D eigenvalue weighted by molar-refractivity contribution is -0.142. The van der Waals surface area contributed by atoms with Crippen LogP contribution in [0.2, 0.25) is 5.02 Å². The number of carbonyl (C=O) groups excluding carboxylic acids is 2. The van der Waals surface area contributed by atoms with Gasteiger partial charge in [0.2, 0.25) is 0 Å². The molecule has 0 bridgehead atoms. The summed E-state index contributed by atoms with van der Waals surface area (Å²) >= 11 is 6.29. The van der Waals surface area contributed by atoms with Crippen LogP contribution in [0.25, 0.3) is 22.0 Å². The highest BCUT2D eigenvalue weighted by Crippen LogP contribution is 2.36. The number of H-pyrrole nitrogens is 1. The van der Waals surface area contributed by atoms with Crippen LogP contribution >= 0.6 is 11.6 Å². The van der Waals surface area contributed by atoms with Crippen molar-refractivity contribution in [3.63, 3.8) is 0 Å². The maximum atomic E-state index is 14.8. The molecule has 44 heavy (non-hydrogen) atoms. The minimum atomic E-state index is -4.54. The number of aromatic nitrogens is 2. The van der Waals surface area contributed by atoms with E-state index in [4.69, 9.17) is 16.3 Å². The quantitative estimate of drug-likeness (QED) is 0.214. The summed E-state index contributed by atoms with van der Waals surface area (Å²) in [5.74, 6) is -3.38. The number of halogens is 3. The van der Waals surface area contributed by atoms with Crippen LogP contribution in [-0.2, 0) is 32.5 Å². The van der Waals surface area contributed by atoms with E-state index in [0.717, 1.165) is 6.07 Å². The zero-order valence-electron chi connectivity index (χ0n) is 23.1. The van der Waals surface area contributed by atoms with Gasteiger partial charge in [0, 0.05) is 44.9 Å². The fourth-order valence-electron chi connectivity index (χ4n) is 4.87. The number of ether oxygens (including phenoxy) is 1. The maximum Gasteiger partial charge on any atom is 0.310 e. The van der Waals surface area contributed by atoms with Crippen molar-refractivity contribution in [2.75, 3.05) is 6.61 Å². The van der Waals surface area contributed by atoms with Gasteiger partial charge in [-0.3, -0.25) is 14.4 Å². The first-order chi connectivity index (χ1) is 21.0. The van der Waals surface area contributed by atoms with Gasteiger partial charge in [0.25, 0.3) is 21.5 Å². The van der Waals surface area contributed by atoms with E-state index >= 15 is 0 Å². The van der Waals surface area contributed by atoms with E-state index in [1.54, 1.807) is 13.0 Å². The Hall–Kier alpha value is -4.81. The first-order valence-electron chi connectivity index (χ1n) is 13.2. The number of sulfonamides is 1. The topological polar surface area (TPSA) is 127 Å². The summed E-state index contributed by atoms with van der Waals surface area (Å²) in [5.41, 5.74) is -0.124. The Kier molecular flexibility index (Phi) is 8.66. The molecule has 2 aromatic heterocycles. The molecule has 9 nitrogen and oxygen atoms in total. The summed E-state index contributed by atoms with van der Waals surface area (Å²) in [6.07, 6.45) is 1.20. The molecule has 0 spiro atoms. The summed E-state index contributed by atoms with van der Waals surface area (Å²) in [6.45, 7) is 1.47. The second-order valence-electron chi connectivity index (χ2n) is 9.68. The van der Waals surface area contributed by atoms with Gasteiger partial charge in [-0.25, -0.2) is 21.9 Å². The van der Waals surface area contributed by atoms with Crippen molar-refractivity contribution >= 4 is 44.4 Å². The van der Waals surface area contributed by atoms with Gasteiger partial charge in [-0.15, -0.1) is 0 Å². The Morgan fingerprint density at radius 1 is 1.02 bits per heavy atom. The van der Waals surface area contributed by atoms with E-state index in [1.165, 1.54) is 65.4 Å². The number of fused-ring (bicyclic) bond motifs is 1. The molecule has 0 aliphatic heterocycles. The van der Waals surface area contributed by atoms with Crippen LogP contribution in [-0.4, -0.2) is 36.5 Å². The Bertz CT molecular complexity index is 2090. The Morgan fingerprint density at radius 2 is 1.82 bits per heavy atom. The molecule has 0 saturated carbocycles. The van der Waals surface area contributed by atoms with Gasteiger partial charge < -0.3 is 14.3 Å². The first kappa shape index (κ1) is 30.6. The lowest BCUT2D eigenvalue weighted by Crippen LogP contribution is -2.33. The normalized spacial score (nSPS) is 11.5. The van der Waals surface area contributed by atoms with Crippen LogP contribution in [0, 0.1) is 11.6 Å². The van der Waals surface area contributed by atoms with Crippen LogP contribution in [0.4, 0.5) is 8.78 Å². The molecule has 2 N–H and O–H groups in total. The van der Waals surface area contributed by atoms with Crippen molar-refractivity contribution < 1.29 is 31.5 Å². The second-order valence-corrected chi connectivity index (χ2v) is 11.8. The summed E-state index contributed by atoms with van der Waals surface area (Å²) in [5, 5.41) is 0.574. The molecule has 0 radical (unpaired) electrons. The zero-order chi connectivity index (χ0) is 31.6. The lowest BCUT2D eigenvalue weighted by atomic mass is 10.0. The highest BCUT2D eigenvalue weighted by atomic mass is 35.5. The van der Waals surface area contributed by atoms with Crippen LogP contribution < -0.4 is 10.3 Å². The summed E-state index contributed by atoms with van der Waals surface area (Å²) in [7, 11) is -4.54. The van der Waals surface area contributed by atoms with E-state index in [1.807, 2.05) is 4.72 Å². The summed E-state index contributed by atoms with van der Waals surface area (Å²) in [4.78, 5) is 41.2. The number of nitrogens with zero attached hydrogens (tertiary/aromatic N) is 1. The SMILES string of the molecule is CCOC(=O)Cc1cccc(S(=O)(=O)NC(=O)c2c(-c3ccc[nH]c3=O)c3cc(Cl)ccc3n2Cc2ccc(F)cc2F)c1. The van der Waals surface area contributed by atoms with Crippen molar-refractivity contribution in [3.05, 3.63) is 123 Å². The number of esters is 1. The molecule has 2 heterocycles. The second kappa shape index (κ2) is 12.4. The van der Waals surface area contributed by atoms with Crippen molar-refractivity contribution in [1.29, 1.82) is 0 Å². The Labute approximate surface area is 255 Å². The Balaban J connectivity index is 1.67. The van der Waals surface area contributed by atoms with E-state index in [2.05, 4.69) is 4.98 Å². The molecule has 5 rings (SSSR count). The molecular weight excluding hydrogens is 616 g/mol. The van der Waals surface area contributed by atoms with Gasteiger partial charge in [0.15, 0.2) is 0 Å². The molecule has 0 fully saturated rings. The predicted molar refractivity (Wildman–Crippen MR) is 160 cm³/mol. The third-order valence-electron chi connectivity index (χ3n) is 6.76. The fraction of sp³-hybridized carbons (Fsp3) is 0.129. The number of rotatable bonds is 9. The van der Waals surface area contributed by atoms with Crippen LogP contribution in [0.5, 0.6) is 0 Å². The maximum absolute atomic E-state index is 14.8. The highest BCUT2D eigenvalue weighted by Gasteiger charge is 2.29. The highest BCUT2D eigenvalue weighted by molar-refractivity contribution is 7.90.